The Morgan fingerprint density at radius 3 is 2.74 bits per heavy atom. The number of guanidine groups is 1. The van der Waals surface area contributed by atoms with E-state index in [-0.39, 0.29) is 0 Å². The van der Waals surface area contributed by atoms with Gasteiger partial charge in [-0.2, -0.15) is 0 Å². The van der Waals surface area contributed by atoms with Crippen LogP contribution in [0, 0.1) is 0 Å². The van der Waals surface area contributed by atoms with Crippen LogP contribution in [0.3, 0.4) is 0 Å². The molecule has 0 unspecified atom stereocenters. The lowest BCUT2D eigenvalue weighted by Crippen LogP contribution is -2.53. The zero-order chi connectivity index (χ0) is 16.3. The third-order valence-electron chi connectivity index (χ3n) is 3.94. The number of piperazine rings is 1. The number of hydrogen-bond donors (Lipinski definition) is 1. The highest BCUT2D eigenvalue weighted by atomic mass is 16.5. The molecule has 2 rings (SSSR count). The number of hydrogen-bond acceptors (Lipinski definition) is 4. The molecule has 23 heavy (non-hydrogen) atoms. The van der Waals surface area contributed by atoms with Gasteiger partial charge in [0, 0.05) is 52.6 Å². The van der Waals surface area contributed by atoms with Crippen molar-refractivity contribution in [1.29, 1.82) is 0 Å². The zero-order valence-electron chi connectivity index (χ0n) is 14.4. The maximum Gasteiger partial charge on any atom is 0.193 e. The van der Waals surface area contributed by atoms with Crippen LogP contribution in [0.25, 0.3) is 0 Å². The lowest BCUT2D eigenvalue weighted by Gasteiger charge is -2.37. The number of anilines is 1. The molecule has 1 N–H and O–H groups in total. The van der Waals surface area contributed by atoms with Gasteiger partial charge in [-0.1, -0.05) is 19.4 Å². The van der Waals surface area contributed by atoms with Gasteiger partial charge in [-0.3, -0.25) is 4.99 Å². The summed E-state index contributed by atoms with van der Waals surface area (Å²) in [6, 6.07) is 6.05. The van der Waals surface area contributed by atoms with Gasteiger partial charge in [-0.05, 0) is 18.6 Å². The van der Waals surface area contributed by atoms with Gasteiger partial charge in [0.05, 0.1) is 6.61 Å². The van der Waals surface area contributed by atoms with Gasteiger partial charge >= 0.3 is 0 Å². The number of aliphatic imine (C=N–C) groups is 1. The van der Waals surface area contributed by atoms with E-state index >= 15 is 0 Å². The number of ether oxygens (including phenoxy) is 1. The molecular weight excluding hydrogens is 290 g/mol. The summed E-state index contributed by atoms with van der Waals surface area (Å²) < 4.78 is 5.58. The molecule has 0 bridgehead atoms. The molecule has 1 aliphatic rings. The summed E-state index contributed by atoms with van der Waals surface area (Å²) in [6.45, 7) is 8.38. The van der Waals surface area contributed by atoms with Crippen molar-refractivity contribution in [3.63, 3.8) is 0 Å². The second kappa shape index (κ2) is 10.0. The van der Waals surface area contributed by atoms with Crippen molar-refractivity contribution in [3.05, 3.63) is 24.4 Å². The van der Waals surface area contributed by atoms with Gasteiger partial charge in [-0.15, -0.1) is 0 Å². The molecular formula is C17H29N5O. The molecule has 0 radical (unpaired) electrons. The third kappa shape index (κ3) is 5.71. The van der Waals surface area contributed by atoms with Crippen molar-refractivity contribution in [2.24, 2.45) is 4.99 Å². The average Bonchev–Trinajstić information content (AvgIpc) is 2.62. The Morgan fingerprint density at radius 1 is 1.26 bits per heavy atom. The van der Waals surface area contributed by atoms with Gasteiger partial charge in [0.2, 0.25) is 0 Å². The van der Waals surface area contributed by atoms with Crippen LogP contribution in [0.1, 0.15) is 19.8 Å². The van der Waals surface area contributed by atoms with Crippen LogP contribution in [-0.2, 0) is 4.74 Å². The number of rotatable bonds is 7. The van der Waals surface area contributed by atoms with Gasteiger partial charge in [-0.25, -0.2) is 4.98 Å². The summed E-state index contributed by atoms with van der Waals surface area (Å²) in [5.74, 6) is 2.02. The number of nitrogens with zero attached hydrogens (tertiary/aromatic N) is 4. The Kier molecular flexibility index (Phi) is 7.66. The second-order valence-corrected chi connectivity index (χ2v) is 5.60. The minimum absolute atomic E-state index is 0.729. The normalized spacial score (nSPS) is 15.8. The van der Waals surface area contributed by atoms with E-state index in [1.54, 1.807) is 0 Å². The van der Waals surface area contributed by atoms with E-state index in [0.29, 0.717) is 0 Å². The number of nitrogens with one attached hydrogen (secondary N) is 1. The molecule has 128 valence electrons. The maximum absolute atomic E-state index is 5.58. The van der Waals surface area contributed by atoms with Crippen molar-refractivity contribution in [2.75, 3.05) is 57.9 Å². The minimum Gasteiger partial charge on any atom is -0.380 e. The van der Waals surface area contributed by atoms with E-state index in [4.69, 9.17) is 4.74 Å². The molecule has 1 aromatic rings. The fraction of sp³-hybridized carbons (Fsp3) is 0.647. The van der Waals surface area contributed by atoms with Crippen molar-refractivity contribution in [3.8, 4) is 0 Å². The summed E-state index contributed by atoms with van der Waals surface area (Å²) in [7, 11) is 1.84. The monoisotopic (exact) mass is 319 g/mol. The van der Waals surface area contributed by atoms with Crippen LogP contribution in [-0.4, -0.2) is 68.8 Å². The summed E-state index contributed by atoms with van der Waals surface area (Å²) in [5.41, 5.74) is 0. The first-order valence-corrected chi connectivity index (χ1v) is 8.54. The van der Waals surface area contributed by atoms with Crippen molar-refractivity contribution in [2.45, 2.75) is 19.8 Å². The first-order chi connectivity index (χ1) is 11.3. The largest absolute Gasteiger partial charge is 0.380 e. The molecule has 2 heterocycles. The Hall–Kier alpha value is -1.82. The Labute approximate surface area is 139 Å². The number of pyridine rings is 1. The SMILES string of the molecule is CCCCOCCNC(=NC)N1CCN(c2ccccn2)CC1. The van der Waals surface area contributed by atoms with Crippen LogP contribution in [0.5, 0.6) is 0 Å². The smallest absolute Gasteiger partial charge is 0.193 e. The first-order valence-electron chi connectivity index (χ1n) is 8.54. The van der Waals surface area contributed by atoms with Gasteiger partial charge in [0.25, 0.3) is 0 Å². The van der Waals surface area contributed by atoms with Crippen LogP contribution < -0.4 is 10.2 Å². The molecule has 0 amide bonds. The van der Waals surface area contributed by atoms with Crippen molar-refractivity contribution >= 4 is 11.8 Å². The predicted octanol–water partition coefficient (Wildman–Crippen LogP) is 1.60. The zero-order valence-corrected chi connectivity index (χ0v) is 14.4. The van der Waals surface area contributed by atoms with Crippen LogP contribution in [0.15, 0.2) is 29.4 Å². The molecule has 1 aliphatic heterocycles. The van der Waals surface area contributed by atoms with E-state index < -0.39 is 0 Å². The molecule has 1 saturated heterocycles. The molecule has 1 aromatic heterocycles. The lowest BCUT2D eigenvalue weighted by molar-refractivity contribution is 0.135. The second-order valence-electron chi connectivity index (χ2n) is 5.60. The van der Waals surface area contributed by atoms with Gasteiger partial charge in [0.15, 0.2) is 5.96 Å². The summed E-state index contributed by atoms with van der Waals surface area (Å²) >= 11 is 0. The fourth-order valence-electron chi connectivity index (χ4n) is 2.60. The van der Waals surface area contributed by atoms with E-state index in [1.807, 2.05) is 25.4 Å². The highest BCUT2D eigenvalue weighted by Gasteiger charge is 2.19. The number of unbranched alkanes of at least 4 members (excludes halogenated alkanes) is 1. The minimum atomic E-state index is 0.729. The fourth-order valence-corrected chi connectivity index (χ4v) is 2.60. The highest BCUT2D eigenvalue weighted by Crippen LogP contribution is 2.12. The molecule has 0 aromatic carbocycles. The summed E-state index contributed by atoms with van der Waals surface area (Å²) in [5, 5.41) is 3.39. The third-order valence-corrected chi connectivity index (χ3v) is 3.94. The molecule has 6 nitrogen and oxygen atoms in total. The molecule has 0 spiro atoms. The average molecular weight is 319 g/mol. The topological polar surface area (TPSA) is 53.0 Å². The maximum atomic E-state index is 5.58. The Balaban J connectivity index is 1.70. The Bertz CT molecular complexity index is 457. The van der Waals surface area contributed by atoms with Crippen LogP contribution in [0.4, 0.5) is 5.82 Å². The van der Waals surface area contributed by atoms with Gasteiger partial charge < -0.3 is 19.9 Å². The van der Waals surface area contributed by atoms with Crippen LogP contribution >= 0.6 is 0 Å². The quantitative estimate of drug-likeness (QED) is 0.470. The van der Waals surface area contributed by atoms with Crippen LogP contribution in [0.2, 0.25) is 0 Å². The van der Waals surface area contributed by atoms with E-state index in [1.165, 1.54) is 6.42 Å². The van der Waals surface area contributed by atoms with E-state index in [0.717, 1.165) is 64.1 Å². The molecule has 1 fully saturated rings. The number of aromatic nitrogens is 1. The summed E-state index contributed by atoms with van der Waals surface area (Å²) in [4.78, 5) is 13.4. The molecule has 0 atom stereocenters. The predicted molar refractivity (Wildman–Crippen MR) is 95.1 cm³/mol. The molecule has 6 heteroatoms. The highest BCUT2D eigenvalue weighted by molar-refractivity contribution is 5.80. The Morgan fingerprint density at radius 2 is 2.09 bits per heavy atom. The van der Waals surface area contributed by atoms with Crippen molar-refractivity contribution in [1.82, 2.24) is 15.2 Å². The summed E-state index contributed by atoms with van der Waals surface area (Å²) in [6.07, 6.45) is 4.15. The lowest BCUT2D eigenvalue weighted by atomic mass is 10.3. The van der Waals surface area contributed by atoms with Gasteiger partial charge in [0.1, 0.15) is 5.82 Å². The molecule has 0 saturated carbocycles. The standard InChI is InChI=1S/C17H29N5O/c1-3-4-14-23-15-9-20-17(18-2)22-12-10-21(11-13-22)16-7-5-6-8-19-16/h5-8H,3-4,9-15H2,1-2H3,(H,18,20). The van der Waals surface area contributed by atoms with E-state index in [9.17, 15) is 0 Å². The molecule has 0 aliphatic carbocycles. The first kappa shape index (κ1) is 17.5. The van der Waals surface area contributed by atoms with Crippen molar-refractivity contribution < 1.29 is 4.74 Å². The van der Waals surface area contributed by atoms with E-state index in [2.05, 4.69) is 38.1 Å².